The Morgan fingerprint density at radius 1 is 1.12 bits per heavy atom. The van der Waals surface area contributed by atoms with Crippen molar-refractivity contribution < 1.29 is 9.90 Å². The molecule has 2 heterocycles. The van der Waals surface area contributed by atoms with Gasteiger partial charge in [-0.15, -0.1) is 0 Å². The van der Waals surface area contributed by atoms with Crippen molar-refractivity contribution in [2.75, 3.05) is 32.7 Å². The molecular formula is C18H20ClN3O2. The Morgan fingerprint density at radius 2 is 1.79 bits per heavy atom. The van der Waals surface area contributed by atoms with E-state index in [1.165, 1.54) is 0 Å². The van der Waals surface area contributed by atoms with Crippen molar-refractivity contribution in [2.24, 2.45) is 0 Å². The van der Waals surface area contributed by atoms with Crippen LogP contribution in [0.1, 0.15) is 22.0 Å². The monoisotopic (exact) mass is 345 g/mol. The molecule has 1 aromatic heterocycles. The molecule has 0 spiro atoms. The van der Waals surface area contributed by atoms with E-state index >= 15 is 0 Å². The van der Waals surface area contributed by atoms with Gasteiger partial charge in [-0.1, -0.05) is 29.8 Å². The highest BCUT2D eigenvalue weighted by atomic mass is 35.5. The third-order valence-corrected chi connectivity index (χ3v) is 4.63. The number of benzene rings is 1. The number of carbonyl (C=O) groups is 1. The fraction of sp³-hybridized carbons (Fsp3) is 0.333. The molecule has 1 atom stereocenters. The van der Waals surface area contributed by atoms with Gasteiger partial charge < -0.3 is 10.0 Å². The van der Waals surface area contributed by atoms with Crippen molar-refractivity contribution in [1.82, 2.24) is 14.8 Å². The number of β-amino-alcohol motifs (C(OH)–C–C–N with tert-alkyl or cyclic N) is 1. The molecule has 6 heteroatoms. The number of piperazine rings is 1. The maximum absolute atomic E-state index is 12.4. The lowest BCUT2D eigenvalue weighted by Gasteiger charge is -2.35. The maximum atomic E-state index is 12.4. The van der Waals surface area contributed by atoms with E-state index in [-0.39, 0.29) is 5.91 Å². The molecule has 2 aromatic rings. The molecule has 0 aliphatic carbocycles. The van der Waals surface area contributed by atoms with Gasteiger partial charge in [-0.25, -0.2) is 0 Å². The van der Waals surface area contributed by atoms with Crippen LogP contribution in [0.3, 0.4) is 0 Å². The van der Waals surface area contributed by atoms with Crippen LogP contribution in [0, 0.1) is 0 Å². The van der Waals surface area contributed by atoms with Gasteiger partial charge in [-0.05, 0) is 18.2 Å². The molecule has 0 bridgehead atoms. The van der Waals surface area contributed by atoms with Gasteiger partial charge in [0.1, 0.15) is 0 Å². The molecule has 126 valence electrons. The Morgan fingerprint density at radius 3 is 2.46 bits per heavy atom. The first-order valence-electron chi connectivity index (χ1n) is 7.99. The highest BCUT2D eigenvalue weighted by molar-refractivity contribution is 6.31. The molecule has 3 rings (SSSR count). The molecule has 1 saturated heterocycles. The second-order valence-electron chi connectivity index (χ2n) is 5.87. The molecular weight excluding hydrogens is 326 g/mol. The van der Waals surface area contributed by atoms with E-state index < -0.39 is 6.10 Å². The Bertz CT molecular complexity index is 688. The lowest BCUT2D eigenvalue weighted by atomic mass is 10.1. The van der Waals surface area contributed by atoms with Crippen molar-refractivity contribution in [3.63, 3.8) is 0 Å². The van der Waals surface area contributed by atoms with Crippen LogP contribution in [-0.4, -0.2) is 58.5 Å². The predicted molar refractivity (Wildman–Crippen MR) is 93.0 cm³/mol. The van der Waals surface area contributed by atoms with Crippen LogP contribution in [0.5, 0.6) is 0 Å². The number of pyridine rings is 1. The number of amides is 1. The first kappa shape index (κ1) is 16.9. The number of hydrogen-bond donors (Lipinski definition) is 1. The zero-order valence-corrected chi connectivity index (χ0v) is 14.1. The molecule has 1 fully saturated rings. The molecule has 5 nitrogen and oxygen atoms in total. The van der Waals surface area contributed by atoms with Crippen LogP contribution in [0.25, 0.3) is 0 Å². The molecule has 1 amide bonds. The average Bonchev–Trinajstić information content (AvgIpc) is 2.63. The summed E-state index contributed by atoms with van der Waals surface area (Å²) >= 11 is 6.13. The summed E-state index contributed by atoms with van der Waals surface area (Å²) in [5.41, 5.74) is 1.41. The van der Waals surface area contributed by atoms with Crippen LogP contribution in [-0.2, 0) is 0 Å². The van der Waals surface area contributed by atoms with Crippen molar-refractivity contribution in [3.8, 4) is 0 Å². The fourth-order valence-electron chi connectivity index (χ4n) is 2.90. The molecule has 24 heavy (non-hydrogen) atoms. The highest BCUT2D eigenvalue weighted by Crippen LogP contribution is 2.23. The first-order valence-corrected chi connectivity index (χ1v) is 8.37. The third kappa shape index (κ3) is 3.93. The summed E-state index contributed by atoms with van der Waals surface area (Å²) in [6, 6.07) is 10.8. The molecule has 0 radical (unpaired) electrons. The molecule has 1 aliphatic rings. The molecule has 1 aliphatic heterocycles. The zero-order chi connectivity index (χ0) is 16.9. The summed E-state index contributed by atoms with van der Waals surface area (Å²) in [6.07, 6.45) is 2.63. The first-order chi connectivity index (χ1) is 11.6. The summed E-state index contributed by atoms with van der Waals surface area (Å²) in [4.78, 5) is 20.3. The van der Waals surface area contributed by atoms with E-state index in [1.54, 1.807) is 30.6 Å². The molecule has 1 unspecified atom stereocenters. The average molecular weight is 346 g/mol. The maximum Gasteiger partial charge on any atom is 0.254 e. The van der Waals surface area contributed by atoms with E-state index in [4.69, 9.17) is 11.6 Å². The number of carbonyl (C=O) groups excluding carboxylic acids is 1. The minimum absolute atomic E-state index is 0.0312. The minimum Gasteiger partial charge on any atom is -0.387 e. The fourth-order valence-corrected chi connectivity index (χ4v) is 3.16. The smallest absolute Gasteiger partial charge is 0.254 e. The summed E-state index contributed by atoms with van der Waals surface area (Å²) in [7, 11) is 0. The number of aliphatic hydroxyl groups is 1. The number of hydrogen-bond acceptors (Lipinski definition) is 4. The standard InChI is InChI=1S/C18H20ClN3O2/c19-16-4-2-1-3-15(16)17(23)13-21-9-11-22(12-10-21)18(24)14-5-7-20-8-6-14/h1-8,17,23H,9-13H2. The lowest BCUT2D eigenvalue weighted by Crippen LogP contribution is -2.49. The normalized spacial score (nSPS) is 16.8. The SMILES string of the molecule is O=C(c1ccncc1)N1CCN(CC(O)c2ccccc2Cl)CC1. The number of aromatic nitrogens is 1. The number of rotatable bonds is 4. The zero-order valence-electron chi connectivity index (χ0n) is 13.3. The Balaban J connectivity index is 1.54. The minimum atomic E-state index is -0.624. The molecule has 0 saturated carbocycles. The Labute approximate surface area is 146 Å². The van der Waals surface area contributed by atoms with Crippen LogP contribution < -0.4 is 0 Å². The number of halogens is 1. The van der Waals surface area contributed by atoms with Crippen molar-refractivity contribution >= 4 is 17.5 Å². The molecule has 1 N–H and O–H groups in total. The van der Waals surface area contributed by atoms with Gasteiger partial charge >= 0.3 is 0 Å². The van der Waals surface area contributed by atoms with Crippen LogP contribution in [0.15, 0.2) is 48.8 Å². The number of aliphatic hydroxyl groups excluding tert-OH is 1. The quantitative estimate of drug-likeness (QED) is 0.923. The summed E-state index contributed by atoms with van der Waals surface area (Å²) in [5, 5.41) is 11.0. The van der Waals surface area contributed by atoms with Gasteiger partial charge in [0.25, 0.3) is 5.91 Å². The topological polar surface area (TPSA) is 56.7 Å². The summed E-state index contributed by atoms with van der Waals surface area (Å²) in [5.74, 6) is 0.0312. The van der Waals surface area contributed by atoms with E-state index in [2.05, 4.69) is 9.88 Å². The lowest BCUT2D eigenvalue weighted by molar-refractivity contribution is 0.0527. The summed E-state index contributed by atoms with van der Waals surface area (Å²) in [6.45, 7) is 3.28. The van der Waals surface area contributed by atoms with Crippen LogP contribution in [0.2, 0.25) is 5.02 Å². The Kier molecular flexibility index (Phi) is 5.45. The predicted octanol–water partition coefficient (Wildman–Crippen LogP) is 2.23. The van der Waals surface area contributed by atoms with E-state index in [1.807, 2.05) is 23.1 Å². The Hall–Kier alpha value is -1.95. The number of nitrogens with zero attached hydrogens (tertiary/aromatic N) is 3. The highest BCUT2D eigenvalue weighted by Gasteiger charge is 2.24. The third-order valence-electron chi connectivity index (χ3n) is 4.28. The van der Waals surface area contributed by atoms with E-state index in [9.17, 15) is 9.90 Å². The van der Waals surface area contributed by atoms with Gasteiger partial charge in [-0.2, -0.15) is 0 Å². The largest absolute Gasteiger partial charge is 0.387 e. The second-order valence-corrected chi connectivity index (χ2v) is 6.27. The van der Waals surface area contributed by atoms with Gasteiger partial charge in [0.2, 0.25) is 0 Å². The van der Waals surface area contributed by atoms with Gasteiger partial charge in [0.05, 0.1) is 6.10 Å². The van der Waals surface area contributed by atoms with Gasteiger partial charge in [0.15, 0.2) is 0 Å². The van der Waals surface area contributed by atoms with Crippen LogP contribution in [0.4, 0.5) is 0 Å². The van der Waals surface area contributed by atoms with Crippen LogP contribution >= 0.6 is 11.6 Å². The molecule has 1 aromatic carbocycles. The van der Waals surface area contributed by atoms with E-state index in [0.717, 1.165) is 18.7 Å². The van der Waals surface area contributed by atoms with Gasteiger partial charge in [0, 0.05) is 61.3 Å². The van der Waals surface area contributed by atoms with Gasteiger partial charge in [-0.3, -0.25) is 14.7 Å². The summed E-state index contributed by atoms with van der Waals surface area (Å²) < 4.78 is 0. The second kappa shape index (κ2) is 7.75. The van der Waals surface area contributed by atoms with Crippen molar-refractivity contribution in [2.45, 2.75) is 6.10 Å². The van der Waals surface area contributed by atoms with Crippen molar-refractivity contribution in [1.29, 1.82) is 0 Å². The van der Waals surface area contributed by atoms with E-state index in [0.29, 0.717) is 30.2 Å². The van der Waals surface area contributed by atoms with Crippen molar-refractivity contribution in [3.05, 3.63) is 64.9 Å².